The summed E-state index contributed by atoms with van der Waals surface area (Å²) in [6.45, 7) is 4.16. The number of anilines is 1. The second-order valence-corrected chi connectivity index (χ2v) is 5.38. The molecule has 2 aromatic carbocycles. The summed E-state index contributed by atoms with van der Waals surface area (Å²) in [5, 5.41) is 5.53. The zero-order chi connectivity index (χ0) is 18.4. The van der Waals surface area contributed by atoms with Crippen molar-refractivity contribution in [3.05, 3.63) is 53.1 Å². The third kappa shape index (κ3) is 4.09. The van der Waals surface area contributed by atoms with E-state index in [0.717, 1.165) is 5.56 Å². The summed E-state index contributed by atoms with van der Waals surface area (Å²) in [5.41, 5.74) is 2.05. The van der Waals surface area contributed by atoms with Gasteiger partial charge in [-0.25, -0.2) is 0 Å². The maximum absolute atomic E-state index is 12.7. The molecule has 0 fully saturated rings. The van der Waals surface area contributed by atoms with Gasteiger partial charge in [0, 0.05) is 12.1 Å². The van der Waals surface area contributed by atoms with Crippen molar-refractivity contribution in [1.29, 1.82) is 0 Å². The number of para-hydroxylation sites is 1. The van der Waals surface area contributed by atoms with E-state index in [1.807, 2.05) is 13.8 Å². The Bertz CT molecular complexity index is 787. The van der Waals surface area contributed by atoms with E-state index in [9.17, 15) is 9.59 Å². The van der Waals surface area contributed by atoms with Crippen LogP contribution < -0.4 is 20.1 Å². The number of benzene rings is 2. The Morgan fingerprint density at radius 1 is 0.960 bits per heavy atom. The summed E-state index contributed by atoms with van der Waals surface area (Å²) in [5.74, 6) is 0.465. The minimum Gasteiger partial charge on any atom is -0.493 e. The van der Waals surface area contributed by atoms with Gasteiger partial charge in [0.05, 0.1) is 25.5 Å². The minimum absolute atomic E-state index is 0.234. The lowest BCUT2D eigenvalue weighted by Crippen LogP contribution is -2.25. The predicted molar refractivity (Wildman–Crippen MR) is 96.7 cm³/mol. The van der Waals surface area contributed by atoms with Gasteiger partial charge in [-0.3, -0.25) is 9.59 Å². The first-order valence-electron chi connectivity index (χ1n) is 7.93. The molecule has 0 radical (unpaired) electrons. The van der Waals surface area contributed by atoms with E-state index >= 15 is 0 Å². The minimum atomic E-state index is -0.324. The molecule has 132 valence electrons. The molecule has 0 heterocycles. The predicted octanol–water partition coefficient (Wildman–Crippen LogP) is 3.01. The average Bonchev–Trinajstić information content (AvgIpc) is 2.61. The molecule has 0 saturated heterocycles. The second-order valence-electron chi connectivity index (χ2n) is 5.38. The smallest absolute Gasteiger partial charge is 0.256 e. The zero-order valence-corrected chi connectivity index (χ0v) is 14.8. The van der Waals surface area contributed by atoms with Gasteiger partial charge in [-0.1, -0.05) is 12.1 Å². The van der Waals surface area contributed by atoms with E-state index in [1.165, 1.54) is 7.11 Å². The molecule has 0 aromatic heterocycles. The van der Waals surface area contributed by atoms with Crippen LogP contribution in [0.25, 0.3) is 0 Å². The highest BCUT2D eigenvalue weighted by molar-refractivity contribution is 6.09. The van der Waals surface area contributed by atoms with E-state index in [4.69, 9.17) is 9.47 Å². The molecule has 0 bridgehead atoms. The van der Waals surface area contributed by atoms with Gasteiger partial charge in [-0.05, 0) is 43.7 Å². The average molecular weight is 342 g/mol. The van der Waals surface area contributed by atoms with E-state index in [2.05, 4.69) is 10.6 Å². The molecule has 0 atom stereocenters. The van der Waals surface area contributed by atoms with Crippen LogP contribution >= 0.6 is 0 Å². The van der Waals surface area contributed by atoms with Crippen molar-refractivity contribution in [3.63, 3.8) is 0 Å². The van der Waals surface area contributed by atoms with Gasteiger partial charge in [0.2, 0.25) is 0 Å². The first-order valence-corrected chi connectivity index (χ1v) is 7.93. The molecule has 2 amide bonds. The number of carbonyl (C=O) groups excluding carboxylic acids is 2. The Morgan fingerprint density at radius 3 is 2.24 bits per heavy atom. The molecule has 6 heteroatoms. The van der Waals surface area contributed by atoms with Gasteiger partial charge in [0.15, 0.2) is 11.5 Å². The Morgan fingerprint density at radius 2 is 1.60 bits per heavy atom. The Kier molecular flexibility index (Phi) is 6.00. The number of hydrogen-bond donors (Lipinski definition) is 2. The van der Waals surface area contributed by atoms with Crippen molar-refractivity contribution in [1.82, 2.24) is 5.32 Å². The van der Waals surface area contributed by atoms with Crippen LogP contribution in [0.2, 0.25) is 0 Å². The number of hydrogen-bond acceptors (Lipinski definition) is 4. The lowest BCUT2D eigenvalue weighted by Gasteiger charge is -2.14. The summed E-state index contributed by atoms with van der Waals surface area (Å²) >= 11 is 0. The molecular formula is C19H22N2O4. The molecule has 2 N–H and O–H groups in total. The first-order chi connectivity index (χ1) is 12.0. The van der Waals surface area contributed by atoms with Gasteiger partial charge in [0.25, 0.3) is 11.8 Å². The molecule has 2 aromatic rings. The normalized spacial score (nSPS) is 10.1. The number of amides is 2. The highest BCUT2D eigenvalue weighted by Gasteiger charge is 2.17. The third-order valence-electron chi connectivity index (χ3n) is 3.73. The van der Waals surface area contributed by atoms with E-state index in [1.54, 1.807) is 43.5 Å². The maximum atomic E-state index is 12.7. The molecule has 2 rings (SSSR count). The van der Waals surface area contributed by atoms with E-state index < -0.39 is 0 Å². The van der Waals surface area contributed by atoms with Gasteiger partial charge >= 0.3 is 0 Å². The van der Waals surface area contributed by atoms with Crippen molar-refractivity contribution in [2.24, 2.45) is 0 Å². The molecule has 6 nitrogen and oxygen atoms in total. The van der Waals surface area contributed by atoms with Gasteiger partial charge < -0.3 is 20.1 Å². The molecule has 0 aliphatic rings. The van der Waals surface area contributed by atoms with Crippen molar-refractivity contribution in [2.45, 2.75) is 13.8 Å². The van der Waals surface area contributed by atoms with Crippen LogP contribution in [-0.4, -0.2) is 32.6 Å². The number of carbonyl (C=O) groups is 2. The summed E-state index contributed by atoms with van der Waals surface area (Å²) in [6, 6.07) is 10.2. The van der Waals surface area contributed by atoms with Crippen LogP contribution in [0.3, 0.4) is 0 Å². The first kappa shape index (κ1) is 18.3. The van der Waals surface area contributed by atoms with Crippen molar-refractivity contribution < 1.29 is 19.1 Å². The van der Waals surface area contributed by atoms with Crippen LogP contribution in [-0.2, 0) is 0 Å². The fourth-order valence-corrected chi connectivity index (χ4v) is 2.46. The lowest BCUT2D eigenvalue weighted by atomic mass is 10.1. The summed E-state index contributed by atoms with van der Waals surface area (Å²) < 4.78 is 10.5. The van der Waals surface area contributed by atoms with Crippen molar-refractivity contribution in [2.75, 3.05) is 26.1 Å². The van der Waals surface area contributed by atoms with Crippen LogP contribution in [0.1, 0.15) is 33.2 Å². The summed E-state index contributed by atoms with van der Waals surface area (Å²) in [4.78, 5) is 24.8. The monoisotopic (exact) mass is 342 g/mol. The quantitative estimate of drug-likeness (QED) is 0.846. The third-order valence-corrected chi connectivity index (χ3v) is 3.73. The topological polar surface area (TPSA) is 76.7 Å². The summed E-state index contributed by atoms with van der Waals surface area (Å²) in [7, 11) is 3.05. The molecule has 0 unspecified atom stereocenters. The van der Waals surface area contributed by atoms with Gasteiger partial charge in [0.1, 0.15) is 0 Å². The summed E-state index contributed by atoms with van der Waals surface area (Å²) in [6.07, 6.45) is 0. The molecule has 25 heavy (non-hydrogen) atoms. The fraction of sp³-hybridized carbons (Fsp3) is 0.263. The van der Waals surface area contributed by atoms with Crippen LogP contribution in [0.4, 0.5) is 5.69 Å². The molecular weight excluding hydrogens is 320 g/mol. The number of methoxy groups -OCH3 is 2. The number of aryl methyl sites for hydroxylation is 1. The highest BCUT2D eigenvalue weighted by Crippen LogP contribution is 2.30. The van der Waals surface area contributed by atoms with Gasteiger partial charge in [-0.15, -0.1) is 0 Å². The molecule has 0 spiro atoms. The zero-order valence-electron chi connectivity index (χ0n) is 14.8. The highest BCUT2D eigenvalue weighted by atomic mass is 16.5. The molecule has 0 saturated carbocycles. The van der Waals surface area contributed by atoms with E-state index in [0.29, 0.717) is 34.9 Å². The van der Waals surface area contributed by atoms with Crippen LogP contribution in [0, 0.1) is 6.92 Å². The van der Waals surface area contributed by atoms with Crippen LogP contribution in [0.5, 0.6) is 11.5 Å². The maximum Gasteiger partial charge on any atom is 0.256 e. The Hall–Kier alpha value is -3.02. The largest absolute Gasteiger partial charge is 0.493 e. The Labute approximate surface area is 147 Å². The Balaban J connectivity index is 2.34. The van der Waals surface area contributed by atoms with Gasteiger partial charge in [-0.2, -0.15) is 0 Å². The number of ether oxygens (including phenoxy) is 2. The lowest BCUT2D eigenvalue weighted by molar-refractivity contribution is 0.0956. The fourth-order valence-electron chi connectivity index (χ4n) is 2.46. The van der Waals surface area contributed by atoms with Crippen LogP contribution in [0.15, 0.2) is 36.4 Å². The van der Waals surface area contributed by atoms with E-state index in [-0.39, 0.29) is 11.8 Å². The SMILES string of the molecule is CCNC(=O)c1ccccc1NC(=O)c1cc(OC)c(OC)cc1C. The van der Waals surface area contributed by atoms with Crippen molar-refractivity contribution in [3.8, 4) is 11.5 Å². The molecule has 0 aliphatic carbocycles. The van der Waals surface area contributed by atoms with Crippen molar-refractivity contribution >= 4 is 17.5 Å². The number of nitrogens with one attached hydrogen (secondary N) is 2. The molecule has 0 aliphatic heterocycles. The standard InChI is InChI=1S/C19H22N2O4/c1-5-20-18(22)13-8-6-7-9-15(13)21-19(23)14-11-17(25-4)16(24-3)10-12(14)2/h6-11H,5H2,1-4H3,(H,20,22)(H,21,23). The number of rotatable bonds is 6. The second kappa shape index (κ2) is 8.19.